The van der Waals surface area contributed by atoms with E-state index in [0.717, 1.165) is 4.47 Å². The van der Waals surface area contributed by atoms with Crippen LogP contribution in [0.4, 0.5) is 4.39 Å². The molecule has 1 aliphatic carbocycles. The summed E-state index contributed by atoms with van der Waals surface area (Å²) in [7, 11) is 0. The van der Waals surface area contributed by atoms with Crippen LogP contribution in [0.15, 0.2) is 22.7 Å². The second kappa shape index (κ2) is 9.46. The normalized spacial score (nSPS) is 12.8. The van der Waals surface area contributed by atoms with Crippen molar-refractivity contribution in [3.63, 3.8) is 0 Å². The summed E-state index contributed by atoms with van der Waals surface area (Å²) in [5, 5.41) is 0. The van der Waals surface area contributed by atoms with Gasteiger partial charge in [0.05, 0.1) is 6.61 Å². The van der Waals surface area contributed by atoms with Gasteiger partial charge in [0.1, 0.15) is 0 Å². The molecule has 0 radical (unpaired) electrons. The van der Waals surface area contributed by atoms with Crippen LogP contribution in [0.1, 0.15) is 40.5 Å². The molecule has 0 unspecified atom stereocenters. The fourth-order valence-electron chi connectivity index (χ4n) is 1.08. The molecule has 0 N–H and O–H groups in total. The molecule has 0 amide bonds. The average molecular weight is 305 g/mol. The van der Waals surface area contributed by atoms with Gasteiger partial charge in [0, 0.05) is 4.47 Å². The highest BCUT2D eigenvalue weighted by Crippen LogP contribution is 2.30. The summed E-state index contributed by atoms with van der Waals surface area (Å²) in [6, 6.07) is 4.74. The molecular weight excluding hydrogens is 283 g/mol. The third-order valence-electron chi connectivity index (χ3n) is 2.06. The monoisotopic (exact) mass is 304 g/mol. The minimum atomic E-state index is -0.288. The zero-order valence-electron chi connectivity index (χ0n) is 11.1. The standard InChI is InChI=1S/C10H10BrFO.2C2H6/c11-8-3-4-9(12)10(5-8)13-6-7-1-2-7;2*1-2/h3-5,7H,1-2,6H2;2*1-2H3. The van der Waals surface area contributed by atoms with E-state index in [-0.39, 0.29) is 5.82 Å². The Morgan fingerprint density at radius 3 is 2.35 bits per heavy atom. The molecule has 0 saturated heterocycles. The fraction of sp³-hybridized carbons (Fsp3) is 0.571. The molecule has 98 valence electrons. The molecule has 1 fully saturated rings. The van der Waals surface area contributed by atoms with Crippen molar-refractivity contribution in [2.75, 3.05) is 6.61 Å². The van der Waals surface area contributed by atoms with Crippen LogP contribution < -0.4 is 4.74 Å². The molecule has 2 rings (SSSR count). The molecule has 0 bridgehead atoms. The predicted molar refractivity (Wildman–Crippen MR) is 75.0 cm³/mol. The Morgan fingerprint density at radius 1 is 1.24 bits per heavy atom. The van der Waals surface area contributed by atoms with Gasteiger partial charge in [-0.05, 0) is 37.0 Å². The van der Waals surface area contributed by atoms with Crippen LogP contribution in [0.25, 0.3) is 0 Å². The van der Waals surface area contributed by atoms with Gasteiger partial charge in [0.25, 0.3) is 0 Å². The summed E-state index contributed by atoms with van der Waals surface area (Å²) in [5.41, 5.74) is 0. The lowest BCUT2D eigenvalue weighted by molar-refractivity contribution is 0.285. The van der Waals surface area contributed by atoms with E-state index in [1.54, 1.807) is 12.1 Å². The predicted octanol–water partition coefficient (Wildman–Crippen LogP) is 5.43. The van der Waals surface area contributed by atoms with E-state index in [4.69, 9.17) is 4.74 Å². The zero-order chi connectivity index (χ0) is 13.3. The lowest BCUT2D eigenvalue weighted by Gasteiger charge is -2.06. The van der Waals surface area contributed by atoms with Crippen molar-refractivity contribution in [2.45, 2.75) is 40.5 Å². The molecule has 0 atom stereocenters. The summed E-state index contributed by atoms with van der Waals surface area (Å²) in [5.74, 6) is 0.712. The van der Waals surface area contributed by atoms with Crippen LogP contribution in [0, 0.1) is 11.7 Å². The number of rotatable bonds is 3. The first kappa shape index (κ1) is 16.4. The van der Waals surface area contributed by atoms with Gasteiger partial charge >= 0.3 is 0 Å². The van der Waals surface area contributed by atoms with Crippen molar-refractivity contribution >= 4 is 15.9 Å². The van der Waals surface area contributed by atoms with Crippen LogP contribution in [0.3, 0.4) is 0 Å². The SMILES string of the molecule is CC.CC.Fc1ccc(Br)cc1OCC1CC1. The molecule has 1 saturated carbocycles. The molecule has 1 aliphatic rings. The summed E-state index contributed by atoms with van der Waals surface area (Å²) in [6.07, 6.45) is 2.44. The lowest BCUT2D eigenvalue weighted by Crippen LogP contribution is -2.00. The third kappa shape index (κ3) is 6.67. The van der Waals surface area contributed by atoms with E-state index in [9.17, 15) is 4.39 Å². The Bertz CT molecular complexity index is 311. The minimum absolute atomic E-state index is 0.288. The summed E-state index contributed by atoms with van der Waals surface area (Å²) >= 11 is 3.27. The molecule has 1 aromatic carbocycles. The minimum Gasteiger partial charge on any atom is -0.490 e. The van der Waals surface area contributed by atoms with Gasteiger partial charge in [-0.25, -0.2) is 4.39 Å². The fourth-order valence-corrected chi connectivity index (χ4v) is 1.42. The first-order chi connectivity index (χ1) is 8.25. The van der Waals surface area contributed by atoms with Gasteiger partial charge in [0.15, 0.2) is 11.6 Å². The largest absolute Gasteiger partial charge is 0.490 e. The highest BCUT2D eigenvalue weighted by atomic mass is 79.9. The van der Waals surface area contributed by atoms with Crippen molar-refractivity contribution in [3.05, 3.63) is 28.5 Å². The second-order valence-corrected chi connectivity index (χ2v) is 4.24. The van der Waals surface area contributed by atoms with Crippen LogP contribution in [0.5, 0.6) is 5.75 Å². The Balaban J connectivity index is 0.000000581. The number of halogens is 2. The second-order valence-electron chi connectivity index (χ2n) is 3.33. The van der Waals surface area contributed by atoms with Crippen molar-refractivity contribution in [2.24, 2.45) is 5.92 Å². The third-order valence-corrected chi connectivity index (χ3v) is 2.56. The topological polar surface area (TPSA) is 9.23 Å². The first-order valence-electron chi connectivity index (χ1n) is 6.33. The molecule has 0 spiro atoms. The number of hydrogen-bond donors (Lipinski definition) is 0. The summed E-state index contributed by atoms with van der Waals surface area (Å²) in [4.78, 5) is 0. The molecule has 3 heteroatoms. The smallest absolute Gasteiger partial charge is 0.165 e. The van der Waals surface area contributed by atoms with E-state index in [0.29, 0.717) is 18.3 Å². The highest BCUT2D eigenvalue weighted by molar-refractivity contribution is 9.10. The number of hydrogen-bond acceptors (Lipinski definition) is 1. The van der Waals surface area contributed by atoms with Gasteiger partial charge in [-0.1, -0.05) is 43.6 Å². The van der Waals surface area contributed by atoms with Gasteiger partial charge in [-0.2, -0.15) is 0 Å². The van der Waals surface area contributed by atoms with E-state index >= 15 is 0 Å². The maximum Gasteiger partial charge on any atom is 0.165 e. The van der Waals surface area contributed by atoms with E-state index in [1.165, 1.54) is 18.9 Å². The van der Waals surface area contributed by atoms with Gasteiger partial charge in [-0.15, -0.1) is 0 Å². The Kier molecular flexibility index (Phi) is 9.14. The van der Waals surface area contributed by atoms with E-state index in [1.807, 2.05) is 27.7 Å². The van der Waals surface area contributed by atoms with Crippen molar-refractivity contribution in [1.29, 1.82) is 0 Å². The summed E-state index contributed by atoms with van der Waals surface area (Å²) in [6.45, 7) is 8.65. The number of benzene rings is 1. The molecule has 0 aliphatic heterocycles. The van der Waals surface area contributed by atoms with E-state index in [2.05, 4.69) is 15.9 Å². The molecule has 17 heavy (non-hydrogen) atoms. The van der Waals surface area contributed by atoms with Gasteiger partial charge < -0.3 is 4.74 Å². The molecule has 0 heterocycles. The molecule has 1 aromatic rings. The zero-order valence-corrected chi connectivity index (χ0v) is 12.7. The van der Waals surface area contributed by atoms with E-state index < -0.39 is 0 Å². The Labute approximate surface area is 113 Å². The molecule has 1 nitrogen and oxygen atoms in total. The molecular formula is C14H22BrFO. The van der Waals surface area contributed by atoms with Crippen LogP contribution >= 0.6 is 15.9 Å². The van der Waals surface area contributed by atoms with Crippen LogP contribution in [-0.2, 0) is 0 Å². The lowest BCUT2D eigenvalue weighted by atomic mass is 10.3. The maximum absolute atomic E-state index is 13.1. The van der Waals surface area contributed by atoms with Crippen LogP contribution in [0.2, 0.25) is 0 Å². The molecule has 0 aromatic heterocycles. The van der Waals surface area contributed by atoms with Crippen molar-refractivity contribution < 1.29 is 9.13 Å². The maximum atomic E-state index is 13.1. The van der Waals surface area contributed by atoms with Crippen LogP contribution in [-0.4, -0.2) is 6.61 Å². The van der Waals surface area contributed by atoms with Crippen molar-refractivity contribution in [1.82, 2.24) is 0 Å². The first-order valence-corrected chi connectivity index (χ1v) is 7.13. The van der Waals surface area contributed by atoms with Gasteiger partial charge in [-0.3, -0.25) is 0 Å². The number of ether oxygens (including phenoxy) is 1. The highest BCUT2D eigenvalue weighted by Gasteiger charge is 2.22. The Morgan fingerprint density at radius 2 is 1.82 bits per heavy atom. The quantitative estimate of drug-likeness (QED) is 0.723. The Hall–Kier alpha value is -0.570. The van der Waals surface area contributed by atoms with Crippen molar-refractivity contribution in [3.8, 4) is 5.75 Å². The summed E-state index contributed by atoms with van der Waals surface area (Å²) < 4.78 is 19.3. The average Bonchev–Trinajstić information content (AvgIpc) is 3.19. The van der Waals surface area contributed by atoms with Gasteiger partial charge in [0.2, 0.25) is 0 Å².